The Morgan fingerprint density at radius 2 is 1.95 bits per heavy atom. The minimum Gasteiger partial charge on any atom is -0.322 e. The fourth-order valence-corrected chi connectivity index (χ4v) is 2.29. The van der Waals surface area contributed by atoms with E-state index in [1.165, 1.54) is 18.2 Å². The van der Waals surface area contributed by atoms with Gasteiger partial charge in [-0.15, -0.1) is 0 Å². The van der Waals surface area contributed by atoms with Crippen molar-refractivity contribution < 1.29 is 9.72 Å². The van der Waals surface area contributed by atoms with Gasteiger partial charge in [0.25, 0.3) is 5.91 Å². The molecule has 5 nitrogen and oxygen atoms in total. The van der Waals surface area contributed by atoms with Crippen molar-refractivity contribution in [3.63, 3.8) is 0 Å². The summed E-state index contributed by atoms with van der Waals surface area (Å²) in [6, 6.07) is 11.1. The largest absolute Gasteiger partial charge is 0.322 e. The van der Waals surface area contributed by atoms with Crippen LogP contribution < -0.4 is 5.32 Å². The summed E-state index contributed by atoms with van der Waals surface area (Å²) in [7, 11) is 0. The zero-order valence-corrected chi connectivity index (χ0v) is 12.3. The first-order valence-corrected chi connectivity index (χ1v) is 6.66. The Balaban J connectivity index is 2.35. The number of nitro groups is 1. The van der Waals surface area contributed by atoms with Crippen molar-refractivity contribution in [1.29, 1.82) is 0 Å². The van der Waals surface area contributed by atoms with Gasteiger partial charge in [-0.3, -0.25) is 14.9 Å². The molecule has 102 valence electrons. The van der Waals surface area contributed by atoms with Crippen LogP contribution in [0.25, 0.3) is 0 Å². The van der Waals surface area contributed by atoms with Gasteiger partial charge in [-0.25, -0.2) is 0 Å². The molecule has 0 aliphatic heterocycles. The Bertz CT molecular complexity index is 691. The number of carbonyl (C=O) groups excluding carboxylic acids is 1. The van der Waals surface area contributed by atoms with Gasteiger partial charge in [-0.1, -0.05) is 39.7 Å². The Morgan fingerprint density at radius 3 is 2.60 bits per heavy atom. The Labute approximate surface area is 127 Å². The van der Waals surface area contributed by atoms with E-state index in [2.05, 4.69) is 21.2 Å². The molecule has 0 unspecified atom stereocenters. The van der Waals surface area contributed by atoms with Crippen molar-refractivity contribution in [3.8, 4) is 0 Å². The SMILES string of the molecule is O=C(Nc1cccc(Br)c1)c1cccc(Cl)c1[N+](=O)[O-]. The van der Waals surface area contributed by atoms with Gasteiger partial charge in [-0.05, 0) is 30.3 Å². The van der Waals surface area contributed by atoms with Gasteiger partial charge in [0.15, 0.2) is 0 Å². The third kappa shape index (κ3) is 3.15. The predicted octanol–water partition coefficient (Wildman–Crippen LogP) is 4.26. The van der Waals surface area contributed by atoms with E-state index in [4.69, 9.17) is 11.6 Å². The van der Waals surface area contributed by atoms with Gasteiger partial charge < -0.3 is 5.32 Å². The minimum atomic E-state index is -0.668. The molecule has 0 aromatic heterocycles. The number of amides is 1. The summed E-state index contributed by atoms with van der Waals surface area (Å²) in [6.45, 7) is 0. The van der Waals surface area contributed by atoms with Crippen LogP contribution in [-0.2, 0) is 0 Å². The van der Waals surface area contributed by atoms with E-state index < -0.39 is 16.5 Å². The first-order chi connectivity index (χ1) is 9.49. The molecule has 7 heteroatoms. The summed E-state index contributed by atoms with van der Waals surface area (Å²) in [6.07, 6.45) is 0. The van der Waals surface area contributed by atoms with E-state index in [0.29, 0.717) is 5.69 Å². The number of hydrogen-bond acceptors (Lipinski definition) is 3. The van der Waals surface area contributed by atoms with Crippen LogP contribution >= 0.6 is 27.5 Å². The smallest absolute Gasteiger partial charge is 0.300 e. The van der Waals surface area contributed by atoms with E-state index in [1.807, 2.05) is 0 Å². The number of nitrogens with one attached hydrogen (secondary N) is 1. The van der Waals surface area contributed by atoms with Gasteiger partial charge in [0.2, 0.25) is 0 Å². The zero-order chi connectivity index (χ0) is 14.7. The second-order valence-electron chi connectivity index (χ2n) is 3.86. The lowest BCUT2D eigenvalue weighted by atomic mass is 10.1. The molecule has 0 radical (unpaired) electrons. The highest BCUT2D eigenvalue weighted by atomic mass is 79.9. The normalized spacial score (nSPS) is 10.1. The van der Waals surface area contributed by atoms with Crippen molar-refractivity contribution in [3.05, 3.63) is 67.6 Å². The summed E-state index contributed by atoms with van der Waals surface area (Å²) in [4.78, 5) is 22.4. The Kier molecular flexibility index (Phi) is 4.36. The summed E-state index contributed by atoms with van der Waals surface area (Å²) >= 11 is 9.04. The van der Waals surface area contributed by atoms with Gasteiger partial charge in [0.05, 0.1) is 4.92 Å². The van der Waals surface area contributed by atoms with Crippen LogP contribution in [-0.4, -0.2) is 10.8 Å². The lowest BCUT2D eigenvalue weighted by molar-refractivity contribution is -0.385. The molecule has 0 fully saturated rings. The van der Waals surface area contributed by atoms with Gasteiger partial charge in [0, 0.05) is 10.2 Å². The number of nitrogens with zero attached hydrogens (tertiary/aromatic N) is 1. The summed E-state index contributed by atoms with van der Waals surface area (Å²) < 4.78 is 0.788. The van der Waals surface area contributed by atoms with E-state index in [9.17, 15) is 14.9 Å². The van der Waals surface area contributed by atoms with Crippen molar-refractivity contribution in [2.45, 2.75) is 0 Å². The minimum absolute atomic E-state index is 0.0723. The zero-order valence-electron chi connectivity index (χ0n) is 9.97. The Hall–Kier alpha value is -1.92. The van der Waals surface area contributed by atoms with Crippen LogP contribution in [0.4, 0.5) is 11.4 Å². The van der Waals surface area contributed by atoms with Crippen molar-refractivity contribution in [2.24, 2.45) is 0 Å². The highest BCUT2D eigenvalue weighted by Crippen LogP contribution is 2.29. The molecule has 0 saturated heterocycles. The second kappa shape index (κ2) is 6.02. The third-order valence-corrected chi connectivity index (χ3v) is 3.29. The molecule has 0 bridgehead atoms. The third-order valence-electron chi connectivity index (χ3n) is 2.50. The van der Waals surface area contributed by atoms with E-state index in [-0.39, 0.29) is 10.6 Å². The maximum atomic E-state index is 12.1. The monoisotopic (exact) mass is 354 g/mol. The summed E-state index contributed by atoms with van der Waals surface area (Å²) in [5.41, 5.74) is 0.0442. The highest BCUT2D eigenvalue weighted by molar-refractivity contribution is 9.10. The lowest BCUT2D eigenvalue weighted by Crippen LogP contribution is -2.14. The highest BCUT2D eigenvalue weighted by Gasteiger charge is 2.23. The van der Waals surface area contributed by atoms with Crippen LogP contribution in [0.2, 0.25) is 5.02 Å². The molecule has 0 saturated carbocycles. The molecule has 0 heterocycles. The number of carbonyl (C=O) groups is 1. The first-order valence-electron chi connectivity index (χ1n) is 5.49. The molecule has 2 aromatic rings. The topological polar surface area (TPSA) is 72.2 Å². The molecular weight excluding hydrogens is 348 g/mol. The summed E-state index contributed by atoms with van der Waals surface area (Å²) in [5.74, 6) is -0.586. The van der Waals surface area contributed by atoms with Crippen LogP contribution in [0, 0.1) is 10.1 Å². The standard InChI is InChI=1S/C13H8BrClN2O3/c14-8-3-1-4-9(7-8)16-13(18)10-5-2-6-11(15)12(10)17(19)20/h1-7H,(H,16,18). The second-order valence-corrected chi connectivity index (χ2v) is 5.18. The molecule has 1 amide bonds. The number of rotatable bonds is 3. The van der Waals surface area contributed by atoms with Crippen LogP contribution in [0.5, 0.6) is 0 Å². The molecule has 2 aromatic carbocycles. The van der Waals surface area contributed by atoms with Crippen LogP contribution in [0.3, 0.4) is 0 Å². The quantitative estimate of drug-likeness (QED) is 0.660. The molecule has 0 aliphatic rings. The van der Waals surface area contributed by atoms with Crippen molar-refractivity contribution in [1.82, 2.24) is 0 Å². The molecule has 0 atom stereocenters. The van der Waals surface area contributed by atoms with Gasteiger partial charge in [-0.2, -0.15) is 0 Å². The predicted molar refractivity (Wildman–Crippen MR) is 80.2 cm³/mol. The fourth-order valence-electron chi connectivity index (χ4n) is 1.65. The van der Waals surface area contributed by atoms with Crippen LogP contribution in [0.1, 0.15) is 10.4 Å². The summed E-state index contributed by atoms with van der Waals surface area (Å²) in [5, 5.41) is 13.5. The molecule has 2 rings (SSSR count). The number of nitro benzene ring substituents is 1. The van der Waals surface area contributed by atoms with E-state index in [1.54, 1.807) is 24.3 Å². The fraction of sp³-hybridized carbons (Fsp3) is 0. The number of anilines is 1. The first kappa shape index (κ1) is 14.5. The molecule has 0 aliphatic carbocycles. The van der Waals surface area contributed by atoms with Gasteiger partial charge in [0.1, 0.15) is 10.6 Å². The molecular formula is C13H8BrClN2O3. The number of benzene rings is 2. The molecule has 1 N–H and O–H groups in total. The maximum absolute atomic E-state index is 12.1. The van der Waals surface area contributed by atoms with E-state index >= 15 is 0 Å². The maximum Gasteiger partial charge on any atom is 0.300 e. The Morgan fingerprint density at radius 1 is 1.25 bits per heavy atom. The van der Waals surface area contributed by atoms with E-state index in [0.717, 1.165) is 4.47 Å². The average molecular weight is 356 g/mol. The number of para-hydroxylation sites is 1. The molecule has 20 heavy (non-hydrogen) atoms. The van der Waals surface area contributed by atoms with Gasteiger partial charge >= 0.3 is 5.69 Å². The van der Waals surface area contributed by atoms with Crippen LogP contribution in [0.15, 0.2) is 46.9 Å². The average Bonchev–Trinajstić information content (AvgIpc) is 2.37. The van der Waals surface area contributed by atoms with Crippen molar-refractivity contribution in [2.75, 3.05) is 5.32 Å². The number of hydrogen-bond donors (Lipinski definition) is 1. The molecule has 0 spiro atoms. The van der Waals surface area contributed by atoms with Crippen molar-refractivity contribution >= 4 is 44.8 Å². The lowest BCUT2D eigenvalue weighted by Gasteiger charge is -2.07. The number of halogens is 2.